The zero-order valence-electron chi connectivity index (χ0n) is 17.7. The highest BCUT2D eigenvalue weighted by molar-refractivity contribution is 6.08. The van der Waals surface area contributed by atoms with Crippen LogP contribution in [0.3, 0.4) is 0 Å². The van der Waals surface area contributed by atoms with Gasteiger partial charge in [0.15, 0.2) is 0 Å². The molecule has 0 saturated carbocycles. The number of anilines is 2. The Hall–Kier alpha value is -3.64. The molecular formula is C25H26N2O4. The van der Waals surface area contributed by atoms with E-state index >= 15 is 0 Å². The van der Waals surface area contributed by atoms with Crippen molar-refractivity contribution in [3.8, 4) is 5.75 Å². The van der Waals surface area contributed by atoms with E-state index in [2.05, 4.69) is 5.32 Å². The van der Waals surface area contributed by atoms with Gasteiger partial charge in [0, 0.05) is 30.6 Å². The summed E-state index contributed by atoms with van der Waals surface area (Å²) in [5.74, 6) is 0.111. The monoisotopic (exact) mass is 418 g/mol. The second kappa shape index (κ2) is 10.9. The van der Waals surface area contributed by atoms with E-state index in [1.807, 2.05) is 43.3 Å². The van der Waals surface area contributed by atoms with Gasteiger partial charge in [0.2, 0.25) is 0 Å². The average Bonchev–Trinajstić information content (AvgIpc) is 2.81. The predicted molar refractivity (Wildman–Crippen MR) is 122 cm³/mol. The smallest absolute Gasteiger partial charge is 0.259 e. The summed E-state index contributed by atoms with van der Waals surface area (Å²) in [5.41, 5.74) is 2.42. The highest BCUT2D eigenvalue weighted by Crippen LogP contribution is 2.21. The number of rotatable bonds is 9. The highest BCUT2D eigenvalue weighted by atomic mass is 16.5. The third-order valence-electron chi connectivity index (χ3n) is 4.70. The van der Waals surface area contributed by atoms with Gasteiger partial charge in [-0.3, -0.25) is 9.59 Å². The normalized spacial score (nSPS) is 10.4. The third-order valence-corrected chi connectivity index (χ3v) is 4.70. The first-order valence-electron chi connectivity index (χ1n) is 10.1. The molecule has 0 radical (unpaired) electrons. The van der Waals surface area contributed by atoms with Crippen molar-refractivity contribution in [3.63, 3.8) is 0 Å². The van der Waals surface area contributed by atoms with Crippen LogP contribution in [0.25, 0.3) is 0 Å². The van der Waals surface area contributed by atoms with Crippen molar-refractivity contribution in [2.45, 2.75) is 6.92 Å². The van der Waals surface area contributed by atoms with Crippen LogP contribution >= 0.6 is 0 Å². The van der Waals surface area contributed by atoms with Crippen molar-refractivity contribution < 1.29 is 19.1 Å². The second-order valence-corrected chi connectivity index (χ2v) is 6.75. The quantitative estimate of drug-likeness (QED) is 0.515. The molecule has 0 atom stereocenters. The Kier molecular flexibility index (Phi) is 7.79. The zero-order chi connectivity index (χ0) is 22.1. The molecule has 6 heteroatoms. The van der Waals surface area contributed by atoms with Crippen LogP contribution in [0.4, 0.5) is 11.4 Å². The van der Waals surface area contributed by atoms with Gasteiger partial charge in [-0.2, -0.15) is 0 Å². The fraction of sp³-hybridized carbons (Fsp3) is 0.200. The molecule has 3 aromatic rings. The van der Waals surface area contributed by atoms with E-state index in [1.54, 1.807) is 54.5 Å². The topological polar surface area (TPSA) is 67.9 Å². The van der Waals surface area contributed by atoms with Crippen LogP contribution in [0.1, 0.15) is 27.6 Å². The predicted octanol–water partition coefficient (Wildman–Crippen LogP) is 4.63. The van der Waals surface area contributed by atoms with E-state index in [-0.39, 0.29) is 11.8 Å². The summed E-state index contributed by atoms with van der Waals surface area (Å²) >= 11 is 0. The van der Waals surface area contributed by atoms with Crippen LogP contribution in [-0.4, -0.2) is 38.7 Å². The molecule has 3 rings (SSSR count). The molecule has 0 fully saturated rings. The van der Waals surface area contributed by atoms with Gasteiger partial charge in [0.05, 0.1) is 12.2 Å². The van der Waals surface area contributed by atoms with Gasteiger partial charge in [-0.25, -0.2) is 0 Å². The molecule has 0 aromatic heterocycles. The molecule has 3 aromatic carbocycles. The number of methoxy groups -OCH3 is 1. The van der Waals surface area contributed by atoms with E-state index in [4.69, 9.17) is 9.47 Å². The van der Waals surface area contributed by atoms with Crippen molar-refractivity contribution in [2.24, 2.45) is 0 Å². The molecule has 160 valence electrons. The van der Waals surface area contributed by atoms with E-state index in [9.17, 15) is 9.59 Å². The number of para-hydroxylation sites is 2. The molecule has 0 unspecified atom stereocenters. The molecule has 31 heavy (non-hydrogen) atoms. The van der Waals surface area contributed by atoms with Gasteiger partial charge in [-0.05, 0) is 55.5 Å². The zero-order valence-corrected chi connectivity index (χ0v) is 17.7. The van der Waals surface area contributed by atoms with Crippen LogP contribution < -0.4 is 15.0 Å². The number of hydrogen-bond donors (Lipinski definition) is 1. The summed E-state index contributed by atoms with van der Waals surface area (Å²) in [5, 5.41) is 2.85. The summed E-state index contributed by atoms with van der Waals surface area (Å²) in [6.45, 7) is 3.28. The maximum Gasteiger partial charge on any atom is 0.259 e. The van der Waals surface area contributed by atoms with Gasteiger partial charge in [-0.1, -0.05) is 30.3 Å². The minimum Gasteiger partial charge on any atom is -0.490 e. The molecule has 0 aliphatic rings. The third kappa shape index (κ3) is 5.71. The number of benzene rings is 3. The molecular weight excluding hydrogens is 392 g/mol. The summed E-state index contributed by atoms with van der Waals surface area (Å²) in [7, 11) is 1.59. The van der Waals surface area contributed by atoms with Crippen LogP contribution in [-0.2, 0) is 4.74 Å². The lowest BCUT2D eigenvalue weighted by Crippen LogP contribution is -2.30. The summed E-state index contributed by atoms with van der Waals surface area (Å²) in [6.07, 6.45) is 0. The number of carbonyl (C=O) groups is 2. The maximum absolute atomic E-state index is 12.9. The lowest BCUT2D eigenvalue weighted by molar-refractivity contribution is 0.0986. The van der Waals surface area contributed by atoms with Gasteiger partial charge in [0.25, 0.3) is 11.8 Å². The fourth-order valence-corrected chi connectivity index (χ4v) is 3.12. The summed E-state index contributed by atoms with van der Waals surface area (Å²) in [6, 6.07) is 23.4. The van der Waals surface area contributed by atoms with Gasteiger partial charge in [-0.15, -0.1) is 0 Å². The number of amides is 2. The first-order valence-corrected chi connectivity index (χ1v) is 10.1. The Morgan fingerprint density at radius 2 is 1.55 bits per heavy atom. The van der Waals surface area contributed by atoms with E-state index in [0.717, 1.165) is 5.69 Å². The van der Waals surface area contributed by atoms with Crippen LogP contribution in [0.2, 0.25) is 0 Å². The molecule has 2 amide bonds. The maximum atomic E-state index is 12.9. The molecule has 6 nitrogen and oxygen atoms in total. The fourth-order valence-electron chi connectivity index (χ4n) is 3.12. The van der Waals surface area contributed by atoms with E-state index in [0.29, 0.717) is 42.3 Å². The molecule has 0 aliphatic carbocycles. The van der Waals surface area contributed by atoms with Crippen LogP contribution in [0.15, 0.2) is 78.9 Å². The first-order chi connectivity index (χ1) is 15.1. The Morgan fingerprint density at radius 1 is 0.871 bits per heavy atom. The van der Waals surface area contributed by atoms with Crippen LogP contribution in [0, 0.1) is 0 Å². The molecule has 0 heterocycles. The number of carbonyl (C=O) groups excluding carboxylic acids is 2. The number of nitrogens with one attached hydrogen (secondary N) is 1. The molecule has 0 saturated heterocycles. The van der Waals surface area contributed by atoms with Crippen molar-refractivity contribution in [1.82, 2.24) is 0 Å². The van der Waals surface area contributed by atoms with E-state index < -0.39 is 0 Å². The average molecular weight is 418 g/mol. The largest absolute Gasteiger partial charge is 0.490 e. The van der Waals surface area contributed by atoms with Gasteiger partial charge >= 0.3 is 0 Å². The molecule has 0 bridgehead atoms. The van der Waals surface area contributed by atoms with Gasteiger partial charge < -0.3 is 19.7 Å². The Bertz CT molecular complexity index is 1000. The first kappa shape index (κ1) is 22.1. The minimum atomic E-state index is -0.286. The Morgan fingerprint density at radius 3 is 2.23 bits per heavy atom. The standard InChI is InChI=1S/C25H26N2O4/c1-3-27(21-9-5-4-6-10-21)25(29)19-13-15-20(16-14-19)26-24(28)22-11-7-8-12-23(22)31-18-17-30-2/h4-16H,3,17-18H2,1-2H3,(H,26,28). The van der Waals surface area contributed by atoms with Gasteiger partial charge in [0.1, 0.15) is 12.4 Å². The molecule has 1 N–H and O–H groups in total. The Balaban J connectivity index is 1.70. The SMILES string of the molecule is CCN(C(=O)c1ccc(NC(=O)c2ccccc2OCCOC)cc1)c1ccccc1. The highest BCUT2D eigenvalue weighted by Gasteiger charge is 2.17. The van der Waals surface area contributed by atoms with E-state index in [1.165, 1.54) is 0 Å². The number of ether oxygens (including phenoxy) is 2. The minimum absolute atomic E-state index is 0.0940. The summed E-state index contributed by atoms with van der Waals surface area (Å²) < 4.78 is 10.6. The van der Waals surface area contributed by atoms with Crippen molar-refractivity contribution in [1.29, 1.82) is 0 Å². The molecule has 0 spiro atoms. The number of hydrogen-bond acceptors (Lipinski definition) is 4. The second-order valence-electron chi connectivity index (χ2n) is 6.75. The Labute approximate surface area is 182 Å². The van der Waals surface area contributed by atoms with Crippen molar-refractivity contribution >= 4 is 23.2 Å². The number of nitrogens with zero attached hydrogens (tertiary/aromatic N) is 1. The van der Waals surface area contributed by atoms with Crippen LogP contribution in [0.5, 0.6) is 5.75 Å². The molecule has 0 aliphatic heterocycles. The lowest BCUT2D eigenvalue weighted by atomic mass is 10.1. The van der Waals surface area contributed by atoms with Crippen molar-refractivity contribution in [3.05, 3.63) is 90.0 Å². The van der Waals surface area contributed by atoms with Crippen molar-refractivity contribution in [2.75, 3.05) is 37.1 Å². The summed E-state index contributed by atoms with van der Waals surface area (Å²) in [4.78, 5) is 27.4. The lowest BCUT2D eigenvalue weighted by Gasteiger charge is -2.21.